The summed E-state index contributed by atoms with van der Waals surface area (Å²) in [6.07, 6.45) is 0.962. The Bertz CT molecular complexity index is 682. The molecule has 0 saturated heterocycles. The monoisotopic (exact) mass is 311 g/mol. The number of aryl methyl sites for hydroxylation is 1. The Kier molecular flexibility index (Phi) is 5.09. The van der Waals surface area contributed by atoms with Crippen molar-refractivity contribution in [2.24, 2.45) is 0 Å². The van der Waals surface area contributed by atoms with Gasteiger partial charge in [0, 0.05) is 5.56 Å². The maximum atomic E-state index is 12.5. The molecule has 0 saturated carbocycles. The number of hydrogen-bond acceptors (Lipinski definition) is 2. The van der Waals surface area contributed by atoms with E-state index in [2.05, 4.69) is 33.0 Å². The van der Waals surface area contributed by atoms with Crippen LogP contribution >= 0.6 is 0 Å². The molecular weight excluding hydrogens is 286 g/mol. The zero-order valence-corrected chi connectivity index (χ0v) is 14.6. The number of hydrogen-bond donors (Lipinski definition) is 1. The van der Waals surface area contributed by atoms with E-state index in [4.69, 9.17) is 4.74 Å². The van der Waals surface area contributed by atoms with Crippen molar-refractivity contribution in [2.45, 2.75) is 39.5 Å². The molecule has 1 N–H and O–H groups in total. The van der Waals surface area contributed by atoms with Gasteiger partial charge in [-0.3, -0.25) is 4.79 Å². The average Bonchev–Trinajstić information content (AvgIpc) is 2.54. The molecule has 0 radical (unpaired) electrons. The highest BCUT2D eigenvalue weighted by molar-refractivity contribution is 6.05. The van der Waals surface area contributed by atoms with Crippen molar-refractivity contribution < 1.29 is 9.53 Å². The molecule has 0 aliphatic carbocycles. The maximum absolute atomic E-state index is 12.5. The third kappa shape index (κ3) is 4.13. The second-order valence-corrected chi connectivity index (χ2v) is 6.67. The molecule has 0 bridgehead atoms. The highest BCUT2D eigenvalue weighted by Crippen LogP contribution is 2.31. The third-order valence-corrected chi connectivity index (χ3v) is 3.94. The molecule has 0 aliphatic heterocycles. The van der Waals surface area contributed by atoms with Crippen molar-refractivity contribution >= 4 is 11.6 Å². The number of methoxy groups -OCH3 is 1. The minimum absolute atomic E-state index is 0.00846. The Hall–Kier alpha value is -2.29. The Morgan fingerprint density at radius 3 is 2.26 bits per heavy atom. The summed E-state index contributed by atoms with van der Waals surface area (Å²) in [5.41, 5.74) is 3.72. The van der Waals surface area contributed by atoms with E-state index in [-0.39, 0.29) is 11.3 Å². The van der Waals surface area contributed by atoms with Crippen molar-refractivity contribution in [2.75, 3.05) is 12.4 Å². The predicted octanol–water partition coefficient (Wildman–Crippen LogP) is 4.81. The zero-order chi connectivity index (χ0) is 17.0. The lowest BCUT2D eigenvalue weighted by Gasteiger charge is -2.21. The first-order chi connectivity index (χ1) is 10.8. The molecule has 2 aromatic rings. The second kappa shape index (κ2) is 6.86. The number of rotatable bonds is 4. The van der Waals surface area contributed by atoms with Gasteiger partial charge in [0.2, 0.25) is 0 Å². The Balaban J connectivity index is 2.28. The van der Waals surface area contributed by atoms with E-state index in [1.807, 2.05) is 42.5 Å². The number of nitrogens with one attached hydrogen (secondary N) is 1. The lowest BCUT2D eigenvalue weighted by atomic mass is 9.87. The van der Waals surface area contributed by atoms with Crippen molar-refractivity contribution in [1.82, 2.24) is 0 Å². The van der Waals surface area contributed by atoms with Gasteiger partial charge in [-0.05, 0) is 47.2 Å². The van der Waals surface area contributed by atoms with E-state index < -0.39 is 0 Å². The summed E-state index contributed by atoms with van der Waals surface area (Å²) in [5, 5.41) is 2.96. The van der Waals surface area contributed by atoms with Gasteiger partial charge < -0.3 is 10.1 Å². The first-order valence-electron chi connectivity index (χ1n) is 7.94. The maximum Gasteiger partial charge on any atom is 0.255 e. The van der Waals surface area contributed by atoms with Crippen molar-refractivity contribution in [3.63, 3.8) is 0 Å². The Morgan fingerprint density at radius 2 is 1.74 bits per heavy atom. The molecule has 0 unspecified atom stereocenters. The molecular formula is C20H25NO2. The first kappa shape index (κ1) is 17.1. The topological polar surface area (TPSA) is 38.3 Å². The molecule has 0 fully saturated rings. The Labute approximate surface area is 138 Å². The van der Waals surface area contributed by atoms with Gasteiger partial charge in [0.1, 0.15) is 5.75 Å². The van der Waals surface area contributed by atoms with Crippen LogP contribution in [-0.4, -0.2) is 13.0 Å². The molecule has 0 atom stereocenters. The highest BCUT2D eigenvalue weighted by Gasteiger charge is 2.17. The van der Waals surface area contributed by atoms with Gasteiger partial charge in [-0.2, -0.15) is 0 Å². The SMILES string of the molecule is CCc1ccc(C(=O)Nc2cc(C(C)(C)C)ccc2OC)cc1. The minimum atomic E-state index is -0.128. The molecule has 23 heavy (non-hydrogen) atoms. The average molecular weight is 311 g/mol. The number of carbonyl (C=O) groups excluding carboxylic acids is 1. The normalized spacial score (nSPS) is 11.2. The molecule has 3 heteroatoms. The highest BCUT2D eigenvalue weighted by atomic mass is 16.5. The molecule has 3 nitrogen and oxygen atoms in total. The van der Waals surface area contributed by atoms with Gasteiger partial charge in [0.05, 0.1) is 12.8 Å². The van der Waals surface area contributed by atoms with Crippen molar-refractivity contribution in [1.29, 1.82) is 0 Å². The molecule has 0 heterocycles. The lowest BCUT2D eigenvalue weighted by molar-refractivity contribution is 0.102. The largest absolute Gasteiger partial charge is 0.495 e. The van der Waals surface area contributed by atoms with E-state index >= 15 is 0 Å². The van der Waals surface area contributed by atoms with Gasteiger partial charge in [0.15, 0.2) is 0 Å². The quantitative estimate of drug-likeness (QED) is 0.880. The van der Waals surface area contributed by atoms with Crippen LogP contribution in [0.25, 0.3) is 0 Å². The summed E-state index contributed by atoms with van der Waals surface area (Å²) in [7, 11) is 1.61. The molecule has 1 amide bonds. The van der Waals surface area contributed by atoms with Gasteiger partial charge >= 0.3 is 0 Å². The number of anilines is 1. The first-order valence-corrected chi connectivity index (χ1v) is 7.94. The molecule has 2 aromatic carbocycles. The van der Waals surface area contributed by atoms with Gasteiger partial charge in [0.25, 0.3) is 5.91 Å². The molecule has 0 aromatic heterocycles. The number of amides is 1. The zero-order valence-electron chi connectivity index (χ0n) is 14.6. The Morgan fingerprint density at radius 1 is 1.09 bits per heavy atom. The smallest absolute Gasteiger partial charge is 0.255 e. The van der Waals surface area contributed by atoms with Crippen LogP contribution in [0.3, 0.4) is 0 Å². The van der Waals surface area contributed by atoms with Gasteiger partial charge in [-0.25, -0.2) is 0 Å². The lowest BCUT2D eigenvalue weighted by Crippen LogP contribution is -2.15. The van der Waals surface area contributed by atoms with Crippen LogP contribution in [0.4, 0.5) is 5.69 Å². The number of benzene rings is 2. The number of ether oxygens (including phenoxy) is 1. The summed E-state index contributed by atoms with van der Waals surface area (Å²) < 4.78 is 5.37. The van der Waals surface area contributed by atoms with Crippen molar-refractivity contribution in [3.8, 4) is 5.75 Å². The van der Waals surface area contributed by atoms with Crippen molar-refractivity contribution in [3.05, 3.63) is 59.2 Å². The van der Waals surface area contributed by atoms with Gasteiger partial charge in [-0.15, -0.1) is 0 Å². The minimum Gasteiger partial charge on any atom is -0.495 e. The fourth-order valence-electron chi connectivity index (χ4n) is 2.36. The summed E-state index contributed by atoms with van der Waals surface area (Å²) in [4.78, 5) is 12.5. The van der Waals surface area contributed by atoms with Crippen LogP contribution in [0.1, 0.15) is 49.2 Å². The molecule has 122 valence electrons. The summed E-state index contributed by atoms with van der Waals surface area (Å²) >= 11 is 0. The van der Waals surface area contributed by atoms with E-state index in [9.17, 15) is 4.79 Å². The summed E-state index contributed by atoms with van der Waals surface area (Å²) in [5.74, 6) is 0.536. The van der Waals surface area contributed by atoms with Crippen LogP contribution in [0.5, 0.6) is 5.75 Å². The van der Waals surface area contributed by atoms with Crippen LogP contribution < -0.4 is 10.1 Å². The van der Waals surface area contributed by atoms with Crippen LogP contribution in [0.15, 0.2) is 42.5 Å². The fraction of sp³-hybridized carbons (Fsp3) is 0.350. The van der Waals surface area contributed by atoms with Gasteiger partial charge in [-0.1, -0.05) is 45.9 Å². The number of carbonyl (C=O) groups is 1. The summed E-state index contributed by atoms with van der Waals surface area (Å²) in [6.45, 7) is 8.52. The summed E-state index contributed by atoms with van der Waals surface area (Å²) in [6, 6.07) is 13.6. The molecule has 0 spiro atoms. The van der Waals surface area contributed by atoms with E-state index in [1.54, 1.807) is 7.11 Å². The molecule has 2 rings (SSSR count). The van der Waals surface area contributed by atoms with E-state index in [0.717, 1.165) is 12.0 Å². The van der Waals surface area contributed by atoms with Crippen LogP contribution in [0.2, 0.25) is 0 Å². The standard InChI is InChI=1S/C20H25NO2/c1-6-14-7-9-15(10-8-14)19(22)21-17-13-16(20(2,3)4)11-12-18(17)23-5/h7-13H,6H2,1-5H3,(H,21,22). The van der Waals surface area contributed by atoms with Crippen LogP contribution in [-0.2, 0) is 11.8 Å². The van der Waals surface area contributed by atoms with E-state index in [1.165, 1.54) is 5.56 Å². The van der Waals surface area contributed by atoms with E-state index in [0.29, 0.717) is 17.0 Å². The molecule has 0 aliphatic rings. The van der Waals surface area contributed by atoms with Crippen LogP contribution in [0, 0.1) is 0 Å². The fourth-order valence-corrected chi connectivity index (χ4v) is 2.36. The third-order valence-electron chi connectivity index (χ3n) is 3.94. The second-order valence-electron chi connectivity index (χ2n) is 6.67. The predicted molar refractivity (Wildman–Crippen MR) is 95.5 cm³/mol.